The first-order valence-corrected chi connectivity index (χ1v) is 13.1. The highest BCUT2D eigenvalue weighted by Gasteiger charge is 2.38. The van der Waals surface area contributed by atoms with Crippen molar-refractivity contribution >= 4 is 28.0 Å². The fraction of sp³-hybridized carbons (Fsp3) is 0.467. The molecule has 5 rings (SSSR count). The topological polar surface area (TPSA) is 81.8 Å². The second kappa shape index (κ2) is 9.12. The summed E-state index contributed by atoms with van der Waals surface area (Å²) in [5.41, 5.74) is 4.03. The molecule has 3 heterocycles. The number of carbonyl (C=O) groups is 1. The summed E-state index contributed by atoms with van der Waals surface area (Å²) in [5.74, 6) is 0.152. The molecule has 0 spiro atoms. The predicted molar refractivity (Wildman–Crippen MR) is 148 cm³/mol. The van der Waals surface area contributed by atoms with E-state index in [2.05, 4.69) is 51.0 Å². The highest BCUT2D eigenvalue weighted by Crippen LogP contribution is 2.42. The van der Waals surface area contributed by atoms with Gasteiger partial charge in [-0.3, -0.25) is 18.9 Å². The van der Waals surface area contributed by atoms with E-state index in [0.717, 1.165) is 47.0 Å². The number of fused-ring (bicyclic) bond motifs is 2. The number of hydrogen-bond donors (Lipinski definition) is 1. The number of nitrogens with zero attached hydrogens (tertiary/aromatic N) is 4. The number of benzene rings is 1. The number of pyridine rings is 2. The minimum absolute atomic E-state index is 0.00940. The largest absolute Gasteiger partial charge is 0.349 e. The molecule has 7 heteroatoms. The summed E-state index contributed by atoms with van der Waals surface area (Å²) in [6, 6.07) is 13.6. The molecule has 0 saturated heterocycles. The fourth-order valence-corrected chi connectivity index (χ4v) is 5.57. The van der Waals surface area contributed by atoms with Crippen LogP contribution in [0.5, 0.6) is 0 Å². The van der Waals surface area contributed by atoms with Gasteiger partial charge in [0.1, 0.15) is 0 Å². The van der Waals surface area contributed by atoms with Crippen molar-refractivity contribution in [3.05, 3.63) is 70.4 Å². The lowest BCUT2D eigenvalue weighted by molar-refractivity contribution is 0.0837. The van der Waals surface area contributed by atoms with Gasteiger partial charge >= 0.3 is 5.69 Å². The Balaban J connectivity index is 1.40. The average Bonchev–Trinajstić information content (AvgIpc) is 3.08. The Labute approximate surface area is 217 Å². The van der Waals surface area contributed by atoms with Crippen molar-refractivity contribution in [2.45, 2.75) is 72.4 Å². The summed E-state index contributed by atoms with van der Waals surface area (Å²) in [6.07, 6.45) is 4.54. The molecule has 37 heavy (non-hydrogen) atoms. The van der Waals surface area contributed by atoms with E-state index in [-0.39, 0.29) is 34.4 Å². The fourth-order valence-electron chi connectivity index (χ4n) is 5.57. The van der Waals surface area contributed by atoms with Crippen LogP contribution in [-0.4, -0.2) is 31.1 Å². The Morgan fingerprint density at radius 3 is 2.70 bits per heavy atom. The number of hydrogen-bond acceptors (Lipinski definition) is 4. The van der Waals surface area contributed by atoms with E-state index in [0.29, 0.717) is 12.1 Å². The van der Waals surface area contributed by atoms with E-state index in [9.17, 15) is 9.59 Å². The lowest BCUT2D eigenvalue weighted by Crippen LogP contribution is -2.48. The van der Waals surface area contributed by atoms with Crippen molar-refractivity contribution in [2.75, 3.05) is 0 Å². The number of amides is 1. The van der Waals surface area contributed by atoms with Crippen LogP contribution in [0.25, 0.3) is 22.1 Å². The van der Waals surface area contributed by atoms with E-state index < -0.39 is 0 Å². The van der Waals surface area contributed by atoms with E-state index in [1.807, 2.05) is 41.0 Å². The van der Waals surface area contributed by atoms with E-state index in [1.165, 1.54) is 0 Å². The number of rotatable bonds is 4. The zero-order valence-corrected chi connectivity index (χ0v) is 22.7. The van der Waals surface area contributed by atoms with Crippen LogP contribution in [0.1, 0.15) is 75.9 Å². The molecule has 0 aliphatic heterocycles. The third-order valence-electron chi connectivity index (χ3n) is 7.82. The molecule has 1 aromatic carbocycles. The van der Waals surface area contributed by atoms with Gasteiger partial charge in [0.2, 0.25) is 0 Å². The molecule has 7 nitrogen and oxygen atoms in total. The third kappa shape index (κ3) is 4.91. The van der Waals surface area contributed by atoms with E-state index >= 15 is 0 Å². The molecular formula is C30H37N5O2. The smallest absolute Gasteiger partial charge is 0.330 e. The summed E-state index contributed by atoms with van der Waals surface area (Å²) >= 11 is 0. The Kier molecular flexibility index (Phi) is 6.21. The molecule has 1 fully saturated rings. The molecule has 2 unspecified atom stereocenters. The van der Waals surface area contributed by atoms with Crippen LogP contribution in [0.15, 0.2) is 53.5 Å². The summed E-state index contributed by atoms with van der Waals surface area (Å²) in [4.78, 5) is 35.6. The molecule has 4 aromatic rings. The maximum absolute atomic E-state index is 13.3. The average molecular weight is 500 g/mol. The zero-order valence-electron chi connectivity index (χ0n) is 22.7. The Hall–Kier alpha value is -3.48. The maximum atomic E-state index is 13.3. The molecule has 1 amide bonds. The first-order valence-electron chi connectivity index (χ1n) is 13.1. The van der Waals surface area contributed by atoms with Crippen molar-refractivity contribution in [1.29, 1.82) is 0 Å². The third-order valence-corrected chi connectivity index (χ3v) is 7.82. The summed E-state index contributed by atoms with van der Waals surface area (Å²) in [6.45, 7) is 11.5. The second-order valence-electron chi connectivity index (χ2n) is 12.5. The number of aryl methyl sites for hydroxylation is 1. The van der Waals surface area contributed by atoms with Crippen molar-refractivity contribution < 1.29 is 4.79 Å². The minimum atomic E-state index is -0.0606. The number of aromatic nitrogens is 4. The summed E-state index contributed by atoms with van der Waals surface area (Å²) in [7, 11) is 1.80. The van der Waals surface area contributed by atoms with Crippen LogP contribution >= 0.6 is 0 Å². The van der Waals surface area contributed by atoms with E-state index in [4.69, 9.17) is 4.98 Å². The van der Waals surface area contributed by atoms with Gasteiger partial charge in [0.05, 0.1) is 11.0 Å². The number of imidazole rings is 1. The quantitative estimate of drug-likeness (QED) is 0.406. The summed E-state index contributed by atoms with van der Waals surface area (Å²) < 4.78 is 3.49. The zero-order chi connectivity index (χ0) is 26.5. The van der Waals surface area contributed by atoms with Crippen molar-refractivity contribution in [2.24, 2.45) is 17.9 Å². The highest BCUT2D eigenvalue weighted by atomic mass is 16.2. The van der Waals surface area contributed by atoms with Crippen molar-refractivity contribution in [1.82, 2.24) is 24.4 Å². The van der Waals surface area contributed by atoms with E-state index in [1.54, 1.807) is 17.8 Å². The van der Waals surface area contributed by atoms with Gasteiger partial charge in [0.15, 0.2) is 5.65 Å². The molecule has 0 bridgehead atoms. The van der Waals surface area contributed by atoms with Gasteiger partial charge in [0, 0.05) is 48.4 Å². The van der Waals surface area contributed by atoms with Gasteiger partial charge in [-0.1, -0.05) is 40.7 Å². The Morgan fingerprint density at radius 1 is 1.16 bits per heavy atom. The van der Waals surface area contributed by atoms with Gasteiger partial charge in [-0.05, 0) is 66.5 Å². The van der Waals surface area contributed by atoms with Crippen LogP contribution in [0.4, 0.5) is 0 Å². The molecule has 194 valence electrons. The molecule has 1 aliphatic carbocycles. The highest BCUT2D eigenvalue weighted by molar-refractivity contribution is 5.98. The Morgan fingerprint density at radius 2 is 1.95 bits per heavy atom. The SMILES string of the molecule is Cn1c(=O)n(CC(C)(C)C)c2ccc(C3CCC(C)(C)C(NC(=O)c4ccc5ncccc5c4)C3)nc21. The minimum Gasteiger partial charge on any atom is -0.349 e. The van der Waals surface area contributed by atoms with Crippen LogP contribution in [0.2, 0.25) is 0 Å². The lowest BCUT2D eigenvalue weighted by atomic mass is 9.68. The van der Waals surface area contributed by atoms with Gasteiger partial charge in [0.25, 0.3) is 5.91 Å². The molecule has 2 atom stereocenters. The van der Waals surface area contributed by atoms with Gasteiger partial charge in [-0.2, -0.15) is 0 Å². The number of carbonyl (C=O) groups excluding carboxylic acids is 1. The maximum Gasteiger partial charge on any atom is 0.330 e. The van der Waals surface area contributed by atoms with Gasteiger partial charge < -0.3 is 5.32 Å². The van der Waals surface area contributed by atoms with Crippen LogP contribution in [-0.2, 0) is 13.6 Å². The van der Waals surface area contributed by atoms with Gasteiger partial charge in [-0.15, -0.1) is 0 Å². The second-order valence-corrected chi connectivity index (χ2v) is 12.5. The number of nitrogens with one attached hydrogen (secondary N) is 1. The molecule has 1 aliphatic rings. The van der Waals surface area contributed by atoms with Crippen LogP contribution in [0.3, 0.4) is 0 Å². The molecular weight excluding hydrogens is 462 g/mol. The Bertz CT molecular complexity index is 1540. The van der Waals surface area contributed by atoms with Crippen molar-refractivity contribution in [3.8, 4) is 0 Å². The normalized spacial score (nSPS) is 19.8. The first-order chi connectivity index (χ1) is 17.4. The van der Waals surface area contributed by atoms with Crippen molar-refractivity contribution in [3.63, 3.8) is 0 Å². The monoisotopic (exact) mass is 499 g/mol. The summed E-state index contributed by atoms with van der Waals surface area (Å²) in [5, 5.41) is 4.29. The van der Waals surface area contributed by atoms with Gasteiger partial charge in [-0.25, -0.2) is 9.78 Å². The lowest BCUT2D eigenvalue weighted by Gasteiger charge is -2.42. The molecule has 1 saturated carbocycles. The van der Waals surface area contributed by atoms with Crippen LogP contribution < -0.4 is 11.0 Å². The van der Waals surface area contributed by atoms with Crippen LogP contribution in [0, 0.1) is 10.8 Å². The predicted octanol–water partition coefficient (Wildman–Crippen LogP) is 5.42. The standard InChI is InChI=1S/C30H37N5O2/c1-29(2,3)18-35-24-12-11-23(32-26(24)34(6)28(35)37)20-13-14-30(4,5)25(17-20)33-27(36)21-9-10-22-19(16-21)8-7-15-31-22/h7-12,15-16,20,25H,13-14,17-18H2,1-6H3,(H,33,36). The molecule has 1 N–H and O–H groups in total. The first kappa shape index (κ1) is 25.2. The molecule has 3 aromatic heterocycles. The molecule has 0 radical (unpaired) electrons.